The van der Waals surface area contributed by atoms with Gasteiger partial charge in [-0.2, -0.15) is 5.10 Å². The van der Waals surface area contributed by atoms with Gasteiger partial charge in [-0.05, 0) is 48.2 Å². The van der Waals surface area contributed by atoms with Gasteiger partial charge in [0.1, 0.15) is 12.7 Å². The summed E-state index contributed by atoms with van der Waals surface area (Å²) in [7, 11) is 0. The zero-order valence-corrected chi connectivity index (χ0v) is 20.9. The number of aliphatic imine (C=N–C) groups is 1. The molecule has 1 atom stereocenters. The molecule has 0 amide bonds. The molecule has 1 aliphatic heterocycles. The topological polar surface area (TPSA) is 84.4 Å². The Morgan fingerprint density at radius 3 is 2.75 bits per heavy atom. The van der Waals surface area contributed by atoms with Crippen LogP contribution < -0.4 is 11.1 Å². The van der Waals surface area contributed by atoms with Gasteiger partial charge in [0.05, 0.1) is 13.1 Å². The Kier molecular flexibility index (Phi) is 9.04. The second-order valence-corrected chi connectivity index (χ2v) is 7.95. The molecule has 1 aliphatic rings. The quantitative estimate of drug-likeness (QED) is 0.257. The van der Waals surface area contributed by atoms with Crippen LogP contribution in [-0.4, -0.2) is 51.3 Å². The fraction of sp³-hybridized carbons (Fsp3) is 0.375. The number of likely N-dealkylation sites (N-methyl/N-ethyl adjacent to an activating group) is 1. The number of nitrogens with two attached hydrogens (primary N) is 1. The molecular formula is C24H32IN7. The molecule has 170 valence electrons. The molecule has 2 aromatic carbocycles. The van der Waals surface area contributed by atoms with Crippen molar-refractivity contribution < 1.29 is 0 Å². The Hall–Kier alpha value is -2.46. The van der Waals surface area contributed by atoms with E-state index in [2.05, 4.69) is 80.7 Å². The van der Waals surface area contributed by atoms with Gasteiger partial charge in [0.15, 0.2) is 5.96 Å². The van der Waals surface area contributed by atoms with Crippen LogP contribution in [0.3, 0.4) is 0 Å². The first-order valence-electron chi connectivity index (χ1n) is 11.0. The summed E-state index contributed by atoms with van der Waals surface area (Å²) in [6.45, 7) is 6.62. The number of likely N-dealkylation sites (tertiary alicyclic amines) is 1. The summed E-state index contributed by atoms with van der Waals surface area (Å²) < 4.78 is 1.82. The third-order valence-electron chi connectivity index (χ3n) is 5.94. The minimum atomic E-state index is 0. The fourth-order valence-electron chi connectivity index (χ4n) is 4.22. The van der Waals surface area contributed by atoms with Gasteiger partial charge in [-0.3, -0.25) is 4.90 Å². The Balaban J connectivity index is 0.00000289. The van der Waals surface area contributed by atoms with Gasteiger partial charge in [-0.1, -0.05) is 55.5 Å². The number of nitrogens with zero attached hydrogens (tertiary/aromatic N) is 5. The van der Waals surface area contributed by atoms with Crippen LogP contribution in [-0.2, 0) is 13.1 Å². The van der Waals surface area contributed by atoms with Crippen LogP contribution >= 0.6 is 24.0 Å². The molecule has 8 heteroatoms. The van der Waals surface area contributed by atoms with E-state index in [1.807, 2.05) is 4.68 Å². The first kappa shape index (κ1) is 24.2. The van der Waals surface area contributed by atoms with E-state index < -0.39 is 0 Å². The van der Waals surface area contributed by atoms with Crippen molar-refractivity contribution >= 4 is 29.9 Å². The number of halogens is 1. The fourth-order valence-corrected chi connectivity index (χ4v) is 4.22. The summed E-state index contributed by atoms with van der Waals surface area (Å²) >= 11 is 0. The monoisotopic (exact) mass is 545 g/mol. The third kappa shape index (κ3) is 6.29. The van der Waals surface area contributed by atoms with Gasteiger partial charge in [-0.15, -0.1) is 24.0 Å². The number of guanidine groups is 1. The lowest BCUT2D eigenvalue weighted by molar-refractivity contribution is 0.267. The molecule has 1 fully saturated rings. The van der Waals surface area contributed by atoms with Crippen molar-refractivity contribution in [3.63, 3.8) is 0 Å². The highest BCUT2D eigenvalue weighted by molar-refractivity contribution is 14.0. The molecule has 0 aliphatic carbocycles. The van der Waals surface area contributed by atoms with E-state index in [0.717, 1.165) is 18.7 Å². The second-order valence-electron chi connectivity index (χ2n) is 7.95. The lowest BCUT2D eigenvalue weighted by Gasteiger charge is -2.23. The lowest BCUT2D eigenvalue weighted by atomic mass is 9.98. The average Bonchev–Trinajstić information content (AvgIpc) is 3.49. The van der Waals surface area contributed by atoms with Gasteiger partial charge >= 0.3 is 0 Å². The van der Waals surface area contributed by atoms with Gasteiger partial charge in [0.2, 0.25) is 0 Å². The minimum absolute atomic E-state index is 0. The summed E-state index contributed by atoms with van der Waals surface area (Å²) in [6.07, 6.45) is 5.78. The van der Waals surface area contributed by atoms with E-state index in [1.54, 1.807) is 12.7 Å². The number of aromatic nitrogens is 3. The van der Waals surface area contributed by atoms with Crippen LogP contribution in [0, 0.1) is 0 Å². The predicted molar refractivity (Wildman–Crippen MR) is 140 cm³/mol. The molecule has 7 nitrogen and oxygen atoms in total. The highest BCUT2D eigenvalue weighted by atomic mass is 127. The predicted octanol–water partition coefficient (Wildman–Crippen LogP) is 3.50. The first-order valence-corrected chi connectivity index (χ1v) is 11.0. The molecule has 1 saturated heterocycles. The SMILES string of the molecule is CCN1CCCC1CNC(N)=NCc1ccccc1-c1ccc(Cn2cncn2)cc1.I. The number of nitrogens with one attached hydrogen (secondary N) is 1. The molecule has 3 N–H and O–H groups in total. The van der Waals surface area contributed by atoms with Crippen molar-refractivity contribution in [1.82, 2.24) is 25.0 Å². The molecule has 0 bridgehead atoms. The highest BCUT2D eigenvalue weighted by Gasteiger charge is 2.22. The molecule has 4 rings (SSSR count). The van der Waals surface area contributed by atoms with Gasteiger partial charge < -0.3 is 11.1 Å². The normalized spacial score (nSPS) is 16.7. The third-order valence-corrected chi connectivity index (χ3v) is 5.94. The lowest BCUT2D eigenvalue weighted by Crippen LogP contribution is -2.42. The van der Waals surface area contributed by atoms with Crippen molar-refractivity contribution in [2.24, 2.45) is 10.7 Å². The molecule has 3 aromatic rings. The molecule has 1 aromatic heterocycles. The number of rotatable bonds is 8. The maximum Gasteiger partial charge on any atom is 0.188 e. The highest BCUT2D eigenvalue weighted by Crippen LogP contribution is 2.25. The number of benzene rings is 2. The molecule has 0 radical (unpaired) electrons. The summed E-state index contributed by atoms with van der Waals surface area (Å²) in [5.41, 5.74) is 10.9. The summed E-state index contributed by atoms with van der Waals surface area (Å²) in [5, 5.41) is 7.49. The van der Waals surface area contributed by atoms with Crippen LogP contribution in [0.5, 0.6) is 0 Å². The summed E-state index contributed by atoms with van der Waals surface area (Å²) in [5.74, 6) is 0.515. The molecule has 2 heterocycles. The van der Waals surface area contributed by atoms with Crippen molar-refractivity contribution in [1.29, 1.82) is 0 Å². The zero-order valence-electron chi connectivity index (χ0n) is 18.5. The molecular weight excluding hydrogens is 513 g/mol. The maximum absolute atomic E-state index is 6.17. The van der Waals surface area contributed by atoms with Crippen molar-refractivity contribution in [2.75, 3.05) is 19.6 Å². The van der Waals surface area contributed by atoms with E-state index in [-0.39, 0.29) is 24.0 Å². The Morgan fingerprint density at radius 2 is 2.00 bits per heavy atom. The van der Waals surface area contributed by atoms with E-state index in [4.69, 9.17) is 5.73 Å². The van der Waals surface area contributed by atoms with Gasteiger partial charge in [-0.25, -0.2) is 14.7 Å². The molecule has 0 spiro atoms. The molecule has 32 heavy (non-hydrogen) atoms. The van der Waals surface area contributed by atoms with Crippen molar-refractivity contribution in [2.45, 2.75) is 38.9 Å². The summed E-state index contributed by atoms with van der Waals surface area (Å²) in [6, 6.07) is 17.5. The second kappa shape index (κ2) is 12.0. The minimum Gasteiger partial charge on any atom is -0.370 e. The van der Waals surface area contributed by atoms with E-state index in [9.17, 15) is 0 Å². The maximum atomic E-state index is 6.17. The van der Waals surface area contributed by atoms with Crippen LogP contribution in [0.4, 0.5) is 0 Å². The van der Waals surface area contributed by atoms with Gasteiger partial charge in [0.25, 0.3) is 0 Å². The Morgan fingerprint density at radius 1 is 1.19 bits per heavy atom. The average molecular weight is 545 g/mol. The van der Waals surface area contributed by atoms with Crippen LogP contribution in [0.2, 0.25) is 0 Å². The Labute approximate surface area is 207 Å². The first-order chi connectivity index (χ1) is 15.2. The Bertz CT molecular complexity index is 986. The number of hydrogen-bond acceptors (Lipinski definition) is 4. The van der Waals surface area contributed by atoms with Gasteiger partial charge in [0, 0.05) is 12.6 Å². The standard InChI is InChI=1S/C24H31N7.HI/c1-2-30-13-5-7-22(30)15-28-24(25)27-14-21-6-3-4-8-23(21)20-11-9-19(10-12-20)16-31-18-26-17-29-31;/h3-4,6,8-12,17-18,22H,2,5,7,13-16H2,1H3,(H3,25,27,28);1H. The van der Waals surface area contributed by atoms with E-state index in [0.29, 0.717) is 25.1 Å². The molecule has 0 saturated carbocycles. The van der Waals surface area contributed by atoms with Crippen LogP contribution in [0.15, 0.2) is 66.2 Å². The van der Waals surface area contributed by atoms with E-state index >= 15 is 0 Å². The van der Waals surface area contributed by atoms with Crippen molar-refractivity contribution in [3.05, 3.63) is 72.3 Å². The molecule has 1 unspecified atom stereocenters. The smallest absolute Gasteiger partial charge is 0.188 e. The number of hydrogen-bond donors (Lipinski definition) is 2. The van der Waals surface area contributed by atoms with Crippen LogP contribution in [0.1, 0.15) is 30.9 Å². The summed E-state index contributed by atoms with van der Waals surface area (Å²) in [4.78, 5) is 11.1. The largest absolute Gasteiger partial charge is 0.370 e. The zero-order chi connectivity index (χ0) is 21.5. The van der Waals surface area contributed by atoms with E-state index in [1.165, 1.54) is 36.1 Å². The van der Waals surface area contributed by atoms with Crippen LogP contribution in [0.25, 0.3) is 11.1 Å². The van der Waals surface area contributed by atoms with Crippen molar-refractivity contribution in [3.8, 4) is 11.1 Å².